The van der Waals surface area contributed by atoms with Crippen LogP contribution in [0.3, 0.4) is 0 Å². The van der Waals surface area contributed by atoms with Crippen LogP contribution in [-0.4, -0.2) is 21.4 Å². The lowest BCUT2D eigenvalue weighted by Gasteiger charge is -2.14. The van der Waals surface area contributed by atoms with Gasteiger partial charge in [-0.2, -0.15) is 5.10 Å². The van der Waals surface area contributed by atoms with E-state index < -0.39 is 0 Å². The smallest absolute Gasteiger partial charge is 0.195 e. The molecule has 15 heavy (non-hydrogen) atoms. The van der Waals surface area contributed by atoms with E-state index in [1.807, 2.05) is 0 Å². The van der Waals surface area contributed by atoms with Gasteiger partial charge in [0.2, 0.25) is 0 Å². The van der Waals surface area contributed by atoms with Gasteiger partial charge in [-0.3, -0.25) is 5.10 Å². The molecule has 1 fully saturated rings. The molecule has 0 saturated carbocycles. The van der Waals surface area contributed by atoms with E-state index in [0.29, 0.717) is 10.7 Å². The molecule has 2 rings (SSSR count). The highest BCUT2D eigenvalue weighted by atomic mass is 32.1. The SMILES string of the molecule is CCCn1c(C2OCCC2C)n[nH]c1=S. The van der Waals surface area contributed by atoms with Crippen LogP contribution < -0.4 is 0 Å². The maximum atomic E-state index is 5.70. The Morgan fingerprint density at radius 1 is 1.67 bits per heavy atom. The van der Waals surface area contributed by atoms with Crippen molar-refractivity contribution in [2.24, 2.45) is 5.92 Å². The highest BCUT2D eigenvalue weighted by molar-refractivity contribution is 7.71. The monoisotopic (exact) mass is 227 g/mol. The highest BCUT2D eigenvalue weighted by Gasteiger charge is 2.30. The number of hydrogen-bond donors (Lipinski definition) is 1. The Morgan fingerprint density at radius 2 is 2.47 bits per heavy atom. The van der Waals surface area contributed by atoms with Gasteiger partial charge in [0.25, 0.3) is 0 Å². The summed E-state index contributed by atoms with van der Waals surface area (Å²) in [4.78, 5) is 0. The molecule has 2 heterocycles. The summed E-state index contributed by atoms with van der Waals surface area (Å²) in [5.74, 6) is 1.50. The third-order valence-corrected chi connectivity index (χ3v) is 3.19. The largest absolute Gasteiger partial charge is 0.370 e. The quantitative estimate of drug-likeness (QED) is 0.807. The minimum Gasteiger partial charge on any atom is -0.370 e. The molecule has 5 heteroatoms. The van der Waals surface area contributed by atoms with E-state index in [9.17, 15) is 0 Å². The molecular weight excluding hydrogens is 210 g/mol. The van der Waals surface area contributed by atoms with E-state index in [1.54, 1.807) is 0 Å². The molecule has 1 aromatic rings. The summed E-state index contributed by atoms with van der Waals surface area (Å²) in [7, 11) is 0. The molecule has 4 nitrogen and oxygen atoms in total. The second kappa shape index (κ2) is 4.45. The molecule has 1 aliphatic rings. The van der Waals surface area contributed by atoms with Crippen molar-refractivity contribution in [3.05, 3.63) is 10.6 Å². The van der Waals surface area contributed by atoms with Gasteiger partial charge in [-0.1, -0.05) is 13.8 Å². The van der Waals surface area contributed by atoms with Crippen molar-refractivity contribution in [3.8, 4) is 0 Å². The van der Waals surface area contributed by atoms with Crippen LogP contribution in [0.15, 0.2) is 0 Å². The zero-order chi connectivity index (χ0) is 10.8. The molecule has 0 bridgehead atoms. The summed E-state index contributed by atoms with van der Waals surface area (Å²) in [6, 6.07) is 0. The topological polar surface area (TPSA) is 42.8 Å². The zero-order valence-corrected chi connectivity index (χ0v) is 10.0. The van der Waals surface area contributed by atoms with Crippen molar-refractivity contribution in [2.45, 2.75) is 39.3 Å². The fourth-order valence-electron chi connectivity index (χ4n) is 2.01. The lowest BCUT2D eigenvalue weighted by molar-refractivity contribution is 0.0838. The van der Waals surface area contributed by atoms with Crippen LogP contribution in [0.25, 0.3) is 0 Å². The van der Waals surface area contributed by atoms with Gasteiger partial charge in [-0.15, -0.1) is 0 Å². The molecular formula is C10H17N3OS. The van der Waals surface area contributed by atoms with Gasteiger partial charge in [0.15, 0.2) is 10.6 Å². The maximum absolute atomic E-state index is 5.70. The fraction of sp³-hybridized carbons (Fsp3) is 0.800. The first-order valence-corrected chi connectivity index (χ1v) is 5.91. The summed E-state index contributed by atoms with van der Waals surface area (Å²) in [6.07, 6.45) is 2.28. The molecule has 2 unspecified atom stereocenters. The Bertz CT molecular complexity index is 384. The summed E-state index contributed by atoms with van der Waals surface area (Å²) in [5, 5.41) is 7.14. The normalized spacial score (nSPS) is 26.0. The Morgan fingerprint density at radius 3 is 3.07 bits per heavy atom. The lowest BCUT2D eigenvalue weighted by Crippen LogP contribution is -2.12. The van der Waals surface area contributed by atoms with Crippen LogP contribution in [0, 0.1) is 10.7 Å². The number of nitrogens with one attached hydrogen (secondary N) is 1. The average molecular weight is 227 g/mol. The van der Waals surface area contributed by atoms with Gasteiger partial charge >= 0.3 is 0 Å². The number of aromatic nitrogens is 3. The van der Waals surface area contributed by atoms with Gasteiger partial charge in [0.1, 0.15) is 6.10 Å². The van der Waals surface area contributed by atoms with Crippen LogP contribution in [0.1, 0.15) is 38.6 Å². The molecule has 1 N–H and O–H groups in total. The number of nitrogens with zero attached hydrogens (tertiary/aromatic N) is 2. The molecule has 2 atom stereocenters. The molecule has 0 aliphatic carbocycles. The van der Waals surface area contributed by atoms with Crippen LogP contribution in [-0.2, 0) is 11.3 Å². The molecule has 0 amide bonds. The molecule has 1 aromatic heterocycles. The number of hydrogen-bond acceptors (Lipinski definition) is 3. The summed E-state index contributed by atoms with van der Waals surface area (Å²) in [5.41, 5.74) is 0. The number of ether oxygens (including phenoxy) is 1. The lowest BCUT2D eigenvalue weighted by atomic mass is 10.0. The number of rotatable bonds is 3. The van der Waals surface area contributed by atoms with Gasteiger partial charge in [-0.25, -0.2) is 0 Å². The van der Waals surface area contributed by atoms with Crippen LogP contribution >= 0.6 is 12.2 Å². The molecule has 1 aliphatic heterocycles. The van der Waals surface area contributed by atoms with E-state index in [4.69, 9.17) is 17.0 Å². The third-order valence-electron chi connectivity index (χ3n) is 2.88. The molecule has 84 valence electrons. The Hall–Kier alpha value is -0.680. The van der Waals surface area contributed by atoms with Crippen molar-refractivity contribution in [3.63, 3.8) is 0 Å². The summed E-state index contributed by atoms with van der Waals surface area (Å²) in [6.45, 7) is 6.08. The van der Waals surface area contributed by atoms with Crippen molar-refractivity contribution >= 4 is 12.2 Å². The Labute approximate surface area is 94.6 Å². The maximum Gasteiger partial charge on any atom is 0.195 e. The molecule has 1 saturated heterocycles. The second-order valence-electron chi connectivity index (χ2n) is 4.10. The van der Waals surface area contributed by atoms with Gasteiger partial charge in [0.05, 0.1) is 0 Å². The minimum absolute atomic E-state index is 0.115. The summed E-state index contributed by atoms with van der Waals surface area (Å²) < 4.78 is 8.46. The van der Waals surface area contributed by atoms with Crippen molar-refractivity contribution in [1.29, 1.82) is 0 Å². The standard InChI is InChI=1S/C10H17N3OS/c1-3-5-13-9(11-12-10(13)15)8-7(2)4-6-14-8/h7-8H,3-6H2,1-2H3,(H,12,15). The number of aromatic amines is 1. The van der Waals surface area contributed by atoms with E-state index >= 15 is 0 Å². The van der Waals surface area contributed by atoms with Gasteiger partial charge in [-0.05, 0) is 31.0 Å². The van der Waals surface area contributed by atoms with Gasteiger partial charge < -0.3 is 9.30 Å². The first-order chi connectivity index (χ1) is 7.24. The first kappa shape index (κ1) is 10.8. The van der Waals surface area contributed by atoms with Crippen molar-refractivity contribution < 1.29 is 4.74 Å². The molecule has 0 radical (unpaired) electrons. The fourth-order valence-corrected chi connectivity index (χ4v) is 2.24. The average Bonchev–Trinajstić information content (AvgIpc) is 2.76. The number of H-pyrrole nitrogens is 1. The second-order valence-corrected chi connectivity index (χ2v) is 4.48. The van der Waals surface area contributed by atoms with E-state index in [0.717, 1.165) is 31.8 Å². The predicted octanol–water partition coefficient (Wildman–Crippen LogP) is 2.45. The minimum atomic E-state index is 0.115. The summed E-state index contributed by atoms with van der Waals surface area (Å²) >= 11 is 5.20. The zero-order valence-electron chi connectivity index (χ0n) is 9.19. The van der Waals surface area contributed by atoms with Crippen molar-refractivity contribution in [1.82, 2.24) is 14.8 Å². The van der Waals surface area contributed by atoms with Crippen LogP contribution in [0.4, 0.5) is 0 Å². The molecule has 0 aromatic carbocycles. The third kappa shape index (κ3) is 1.99. The molecule has 0 spiro atoms. The first-order valence-electron chi connectivity index (χ1n) is 5.50. The Balaban J connectivity index is 2.30. The van der Waals surface area contributed by atoms with Crippen LogP contribution in [0.5, 0.6) is 0 Å². The van der Waals surface area contributed by atoms with E-state index in [-0.39, 0.29) is 6.10 Å². The van der Waals surface area contributed by atoms with E-state index in [2.05, 4.69) is 28.6 Å². The van der Waals surface area contributed by atoms with Gasteiger partial charge in [0, 0.05) is 13.2 Å². The Kier molecular flexibility index (Phi) is 3.21. The van der Waals surface area contributed by atoms with Crippen molar-refractivity contribution in [2.75, 3.05) is 6.61 Å². The van der Waals surface area contributed by atoms with E-state index in [1.165, 1.54) is 0 Å². The van der Waals surface area contributed by atoms with Crippen LogP contribution in [0.2, 0.25) is 0 Å². The predicted molar refractivity (Wildman–Crippen MR) is 60.2 cm³/mol. The highest BCUT2D eigenvalue weighted by Crippen LogP contribution is 2.32.